The Kier molecular flexibility index (Phi) is 7.35. The Hall–Kier alpha value is -3.73. The normalized spacial score (nSPS) is 17.3. The van der Waals surface area contributed by atoms with Crippen LogP contribution in [0.25, 0.3) is 0 Å². The molecule has 1 aliphatic carbocycles. The Morgan fingerprint density at radius 2 is 2.06 bits per heavy atom. The van der Waals surface area contributed by atoms with Crippen LogP contribution in [0.4, 0.5) is 16.3 Å². The molecule has 0 fully saturated rings. The number of allylic oxidation sites excluding steroid dienone is 2. The number of anilines is 2. The second-order valence-electron chi connectivity index (χ2n) is 7.93. The van der Waals surface area contributed by atoms with Crippen LogP contribution in [0, 0.1) is 0 Å². The number of ether oxygens (including phenoxy) is 1. The van der Waals surface area contributed by atoms with Crippen LogP contribution in [0.5, 0.6) is 5.75 Å². The highest BCUT2D eigenvalue weighted by molar-refractivity contribution is 7.90. The Labute approximate surface area is 198 Å². The number of amides is 2. The molecule has 0 aliphatic heterocycles. The minimum absolute atomic E-state index is 0.142. The first-order valence-corrected chi connectivity index (χ1v) is 12.5. The van der Waals surface area contributed by atoms with Crippen molar-refractivity contribution in [2.45, 2.75) is 43.9 Å². The Morgan fingerprint density at radius 1 is 1.29 bits per heavy atom. The van der Waals surface area contributed by atoms with E-state index in [0.717, 1.165) is 6.26 Å². The summed E-state index contributed by atoms with van der Waals surface area (Å²) in [5, 5.41) is 2.70. The van der Waals surface area contributed by atoms with Gasteiger partial charge in [0.05, 0.1) is 12.1 Å². The number of nitrogens with zero attached hydrogens (tertiary/aromatic N) is 3. The summed E-state index contributed by atoms with van der Waals surface area (Å²) < 4.78 is 29.1. The molecule has 1 aliphatic rings. The largest absolute Gasteiger partial charge is 0.410 e. The van der Waals surface area contributed by atoms with Crippen molar-refractivity contribution < 1.29 is 22.7 Å². The lowest BCUT2D eigenvalue weighted by Crippen LogP contribution is -2.49. The van der Waals surface area contributed by atoms with Gasteiger partial charge in [-0.05, 0) is 25.0 Å². The topological polar surface area (TPSA) is 145 Å². The summed E-state index contributed by atoms with van der Waals surface area (Å²) in [6, 6.07) is 6.38. The summed E-state index contributed by atoms with van der Waals surface area (Å²) in [5.41, 5.74) is 5.54. The molecule has 1 atom stereocenters. The Balaban J connectivity index is 2.03. The van der Waals surface area contributed by atoms with E-state index in [0.29, 0.717) is 24.1 Å². The first-order chi connectivity index (χ1) is 16.0. The molecule has 180 valence electrons. The number of primary amides is 1. The maximum atomic E-state index is 12.7. The van der Waals surface area contributed by atoms with Crippen LogP contribution in [0.15, 0.2) is 59.9 Å². The quantitative estimate of drug-likeness (QED) is 0.543. The third-order valence-electron chi connectivity index (χ3n) is 5.47. The highest BCUT2D eigenvalue weighted by atomic mass is 32.2. The van der Waals surface area contributed by atoms with E-state index >= 15 is 0 Å². The van der Waals surface area contributed by atoms with E-state index in [1.807, 2.05) is 31.2 Å². The van der Waals surface area contributed by atoms with Crippen molar-refractivity contribution in [2.24, 2.45) is 5.73 Å². The van der Waals surface area contributed by atoms with Crippen LogP contribution in [0.3, 0.4) is 0 Å². The number of sulfone groups is 1. The smallest absolute Gasteiger partial charge is 0.409 e. The van der Waals surface area contributed by atoms with Gasteiger partial charge in [0.15, 0.2) is 0 Å². The van der Waals surface area contributed by atoms with Crippen molar-refractivity contribution in [3.8, 4) is 5.75 Å². The van der Waals surface area contributed by atoms with Crippen LogP contribution >= 0.6 is 0 Å². The molecule has 3 rings (SSSR count). The molecule has 0 radical (unpaired) electrons. The third-order valence-corrected chi connectivity index (χ3v) is 6.33. The summed E-state index contributed by atoms with van der Waals surface area (Å²) in [4.78, 5) is 33.8. The first kappa shape index (κ1) is 24.9. The molecule has 34 heavy (non-hydrogen) atoms. The molecular weight excluding hydrogens is 458 g/mol. The summed E-state index contributed by atoms with van der Waals surface area (Å²) in [5.74, 6) is 0.266. The number of carbonyl (C=O) groups is 2. The Bertz CT molecular complexity index is 1260. The summed E-state index contributed by atoms with van der Waals surface area (Å²) >= 11 is 0. The zero-order valence-electron chi connectivity index (χ0n) is 19.2. The molecule has 0 saturated heterocycles. The Morgan fingerprint density at radius 3 is 2.65 bits per heavy atom. The van der Waals surface area contributed by atoms with E-state index in [1.54, 1.807) is 23.1 Å². The molecule has 3 N–H and O–H groups in total. The monoisotopic (exact) mass is 485 g/mol. The second kappa shape index (κ2) is 10.0. The molecule has 0 saturated carbocycles. The first-order valence-electron chi connectivity index (χ1n) is 10.6. The molecule has 11 heteroatoms. The lowest BCUT2D eigenvalue weighted by molar-refractivity contribution is -0.134. The maximum Gasteiger partial charge on any atom is 0.409 e. The fourth-order valence-electron chi connectivity index (χ4n) is 3.74. The van der Waals surface area contributed by atoms with Crippen molar-refractivity contribution in [3.63, 3.8) is 0 Å². The third kappa shape index (κ3) is 5.79. The van der Waals surface area contributed by atoms with Crippen molar-refractivity contribution in [3.05, 3.63) is 60.3 Å². The summed E-state index contributed by atoms with van der Waals surface area (Å²) in [6.07, 6.45) is 10.6. The molecule has 1 heterocycles. The van der Waals surface area contributed by atoms with Gasteiger partial charge in [0.2, 0.25) is 20.9 Å². The zero-order chi connectivity index (χ0) is 24.9. The summed E-state index contributed by atoms with van der Waals surface area (Å²) in [6.45, 7) is 3.64. The van der Waals surface area contributed by atoms with E-state index in [9.17, 15) is 18.0 Å². The molecule has 1 aromatic heterocycles. The molecular formula is C23H27N5O5S. The van der Waals surface area contributed by atoms with E-state index in [1.165, 1.54) is 19.2 Å². The van der Waals surface area contributed by atoms with Crippen molar-refractivity contribution in [1.82, 2.24) is 14.9 Å². The highest BCUT2D eigenvalue weighted by Crippen LogP contribution is 2.32. The molecule has 1 unspecified atom stereocenters. The SMILES string of the molecule is CCC1(N(Cc2cnc(S(C)(=O)=O)nc2Nc2cccc(OC(N)=O)c2)C(C)=O)C=CC=CC1. The van der Waals surface area contributed by atoms with Crippen LogP contribution < -0.4 is 15.8 Å². The van der Waals surface area contributed by atoms with Crippen LogP contribution in [0.2, 0.25) is 0 Å². The standard InChI is InChI=1S/C23H27N5O5S/c1-4-23(11-6-5-7-12-23)28(16(2)29)15-17-14-25-22(34(3,31)32)27-20(17)26-18-9-8-10-19(13-18)33-21(24)30/h5-11,13-14H,4,12,15H2,1-3H3,(H2,24,30)(H,25,26,27). The lowest BCUT2D eigenvalue weighted by atomic mass is 9.86. The molecule has 1 aromatic carbocycles. The predicted octanol–water partition coefficient (Wildman–Crippen LogP) is 3.09. The lowest BCUT2D eigenvalue weighted by Gasteiger charge is -2.42. The van der Waals surface area contributed by atoms with Crippen molar-refractivity contribution in [2.75, 3.05) is 11.6 Å². The van der Waals surface area contributed by atoms with Gasteiger partial charge in [0.1, 0.15) is 11.6 Å². The zero-order valence-corrected chi connectivity index (χ0v) is 20.0. The molecule has 10 nitrogen and oxygen atoms in total. The van der Waals surface area contributed by atoms with Gasteiger partial charge in [-0.2, -0.15) is 0 Å². The number of carbonyl (C=O) groups excluding carboxylic acids is 2. The van der Waals surface area contributed by atoms with E-state index < -0.39 is 21.5 Å². The van der Waals surface area contributed by atoms with Gasteiger partial charge in [-0.3, -0.25) is 4.79 Å². The fourth-order valence-corrected chi connectivity index (χ4v) is 4.24. The van der Waals surface area contributed by atoms with Gasteiger partial charge in [-0.15, -0.1) is 0 Å². The molecule has 0 bridgehead atoms. The van der Waals surface area contributed by atoms with E-state index in [4.69, 9.17) is 10.5 Å². The van der Waals surface area contributed by atoms with Gasteiger partial charge < -0.3 is 20.7 Å². The number of benzene rings is 1. The van der Waals surface area contributed by atoms with Gasteiger partial charge >= 0.3 is 6.09 Å². The van der Waals surface area contributed by atoms with Crippen molar-refractivity contribution >= 4 is 33.3 Å². The number of nitrogens with one attached hydrogen (secondary N) is 1. The second-order valence-corrected chi connectivity index (χ2v) is 9.84. The average Bonchev–Trinajstić information content (AvgIpc) is 2.77. The minimum atomic E-state index is -3.69. The average molecular weight is 486 g/mol. The maximum absolute atomic E-state index is 12.7. The molecule has 0 spiro atoms. The van der Waals surface area contributed by atoms with Crippen LogP contribution in [-0.4, -0.2) is 47.1 Å². The molecule has 2 aromatic rings. The number of rotatable bonds is 8. The number of hydrogen-bond donors (Lipinski definition) is 2. The molecule has 2 amide bonds. The van der Waals surface area contributed by atoms with Crippen molar-refractivity contribution in [1.29, 1.82) is 0 Å². The number of nitrogens with two attached hydrogens (primary N) is 1. The van der Waals surface area contributed by atoms with Crippen LogP contribution in [-0.2, 0) is 21.2 Å². The van der Waals surface area contributed by atoms with E-state index in [2.05, 4.69) is 15.3 Å². The summed E-state index contributed by atoms with van der Waals surface area (Å²) in [7, 11) is -3.69. The fraction of sp³-hybridized carbons (Fsp3) is 0.304. The number of hydrogen-bond acceptors (Lipinski definition) is 8. The van der Waals surface area contributed by atoms with Crippen LogP contribution in [0.1, 0.15) is 32.3 Å². The van der Waals surface area contributed by atoms with Gasteiger partial charge in [0.25, 0.3) is 0 Å². The highest BCUT2D eigenvalue weighted by Gasteiger charge is 2.35. The van der Waals surface area contributed by atoms with Gasteiger partial charge in [0, 0.05) is 36.7 Å². The van der Waals surface area contributed by atoms with Gasteiger partial charge in [-0.25, -0.2) is 23.2 Å². The predicted molar refractivity (Wildman–Crippen MR) is 127 cm³/mol. The minimum Gasteiger partial charge on any atom is -0.410 e. The van der Waals surface area contributed by atoms with E-state index in [-0.39, 0.29) is 29.2 Å². The number of aromatic nitrogens is 2. The van der Waals surface area contributed by atoms with Gasteiger partial charge in [-0.1, -0.05) is 37.3 Å².